The van der Waals surface area contributed by atoms with Gasteiger partial charge < -0.3 is 35.7 Å². The molecule has 3 aromatic rings. The Balaban J connectivity index is 1.59. The van der Waals surface area contributed by atoms with Crippen molar-refractivity contribution < 1.29 is 51.7 Å². The summed E-state index contributed by atoms with van der Waals surface area (Å²) < 4.78 is 47.4. The van der Waals surface area contributed by atoms with E-state index >= 15 is 4.79 Å². The van der Waals surface area contributed by atoms with Gasteiger partial charge in [0.2, 0.25) is 15.8 Å². The fourth-order valence-corrected chi connectivity index (χ4v) is 11.9. The Morgan fingerprint density at radius 1 is 1.00 bits per heavy atom. The van der Waals surface area contributed by atoms with Crippen LogP contribution in [0.1, 0.15) is 105 Å². The van der Waals surface area contributed by atoms with Crippen molar-refractivity contribution in [1.82, 2.24) is 10.7 Å². The first-order chi connectivity index (χ1) is 31.4. The summed E-state index contributed by atoms with van der Waals surface area (Å²) in [6.07, 6.45) is 3.80. The molecule has 5 rings (SSSR count). The van der Waals surface area contributed by atoms with E-state index in [1.54, 1.807) is 79.8 Å². The third-order valence-corrected chi connectivity index (χ3v) is 15.1. The summed E-state index contributed by atoms with van der Waals surface area (Å²) in [4.78, 5) is 71.7. The molecule has 0 saturated heterocycles. The van der Waals surface area contributed by atoms with Gasteiger partial charge in [0.1, 0.15) is 5.60 Å². The Hall–Kier alpha value is -5.35. The number of amides is 5. The molecule has 2 heterocycles. The number of rotatable bonds is 17. The standard InChI is InChI=1S/C47H63N7O11S3/c1-27-21-29(54-39(58)47(65-45(8,9)10)36(37(57)52-40(54)48)46(47,11)26-63-43(2,3)4)23-32(51-41(59)49-20-15-13-14-19-34(55)56)35(27)28-17-16-18-31(22-28)68(61,62)33-24-30(67-38(33)66-12)25-50-53-42(60)64-44(5,6)7/h16-18,21-25,36H,13-15,19-20,26H2,1-12H3,(H,53,60)(H,55,56)(H2,48,52,57)(H2,49,51,59). The number of anilines is 2. The second-order valence-corrected chi connectivity index (χ2v) is 23.9. The first-order valence-electron chi connectivity index (χ1n) is 22.0. The number of hydrazone groups is 1. The number of carbonyl (C=O) groups is 5. The van der Waals surface area contributed by atoms with Gasteiger partial charge in [-0.2, -0.15) is 10.1 Å². The summed E-state index contributed by atoms with van der Waals surface area (Å²) in [6, 6.07) is 10.2. The summed E-state index contributed by atoms with van der Waals surface area (Å²) in [6.45, 7) is 19.7. The Morgan fingerprint density at radius 3 is 2.31 bits per heavy atom. The Bertz CT molecular complexity index is 2630. The van der Waals surface area contributed by atoms with Gasteiger partial charge in [0.15, 0.2) is 5.60 Å². The third-order valence-electron chi connectivity index (χ3n) is 10.8. The monoisotopic (exact) mass is 997 g/mol. The van der Waals surface area contributed by atoms with Crippen LogP contribution >= 0.6 is 23.1 Å². The molecule has 68 heavy (non-hydrogen) atoms. The highest BCUT2D eigenvalue weighted by Gasteiger charge is 2.85. The van der Waals surface area contributed by atoms with Crippen LogP contribution in [-0.2, 0) is 38.4 Å². The fraction of sp³-hybridized carbons (Fsp3) is 0.511. The van der Waals surface area contributed by atoms with Crippen LogP contribution in [0.25, 0.3) is 11.1 Å². The lowest BCUT2D eigenvalue weighted by Gasteiger charge is -2.34. The molecule has 6 N–H and O–H groups in total. The number of nitrogens with one attached hydrogen (secondary N) is 3. The predicted octanol–water partition coefficient (Wildman–Crippen LogP) is 8.10. The van der Waals surface area contributed by atoms with Crippen molar-refractivity contribution in [2.75, 3.05) is 29.6 Å². The second-order valence-electron chi connectivity index (χ2n) is 19.8. The number of carboxylic acid groups (broad SMARTS) is 1. The molecule has 0 spiro atoms. The van der Waals surface area contributed by atoms with Crippen LogP contribution in [0.15, 0.2) is 66.6 Å². The molecular weight excluding hydrogens is 935 g/mol. The highest BCUT2D eigenvalue weighted by molar-refractivity contribution is 8.01. The van der Waals surface area contributed by atoms with Crippen molar-refractivity contribution in [2.24, 2.45) is 27.2 Å². The topological polar surface area (TPSA) is 257 Å². The summed E-state index contributed by atoms with van der Waals surface area (Å²) in [7, 11) is -4.19. The first kappa shape index (κ1) is 53.6. The van der Waals surface area contributed by atoms with Crippen molar-refractivity contribution >= 4 is 86.4 Å². The summed E-state index contributed by atoms with van der Waals surface area (Å²) >= 11 is 2.40. The Labute approximate surface area is 406 Å². The number of aryl methyl sites for hydroxylation is 1. The lowest BCUT2D eigenvalue weighted by Crippen LogP contribution is -2.53. The molecule has 2 aliphatic rings. The molecule has 5 amide bonds. The van der Waals surface area contributed by atoms with Crippen molar-refractivity contribution in [3.05, 3.63) is 52.9 Å². The minimum atomic E-state index is -4.19. The van der Waals surface area contributed by atoms with Crippen molar-refractivity contribution in [3.63, 3.8) is 0 Å². The average molecular weight is 998 g/mol. The zero-order valence-corrected chi connectivity index (χ0v) is 43.1. The van der Waals surface area contributed by atoms with Gasteiger partial charge >= 0.3 is 18.1 Å². The molecular formula is C47H63N7O11S3. The van der Waals surface area contributed by atoms with Gasteiger partial charge in [0.25, 0.3) is 11.8 Å². The quantitative estimate of drug-likeness (QED) is 0.0371. The zero-order valence-electron chi connectivity index (χ0n) is 40.6. The molecule has 0 radical (unpaired) electrons. The van der Waals surface area contributed by atoms with Crippen LogP contribution in [0.2, 0.25) is 0 Å². The van der Waals surface area contributed by atoms with Crippen LogP contribution in [0.4, 0.5) is 21.0 Å². The Kier molecular flexibility index (Phi) is 16.0. The van der Waals surface area contributed by atoms with E-state index in [4.69, 9.17) is 25.1 Å². The van der Waals surface area contributed by atoms with E-state index in [2.05, 4.69) is 26.2 Å². The van der Waals surface area contributed by atoms with E-state index in [0.717, 1.165) is 4.90 Å². The SMILES string of the molecule is CSc1sc(C=NNC(=O)OC(C)(C)C)cc1S(=O)(=O)c1cccc(-c2c(C)cc(N3C(=O)C4(OC(C)(C)C)C(C(=O)N=C3N)C4(C)COC(C)(C)C)cc2NC(=O)NCCCCCC(=O)O)c1. The van der Waals surface area contributed by atoms with Gasteiger partial charge in [0.05, 0.1) is 55.3 Å². The molecule has 18 nitrogen and oxygen atoms in total. The molecule has 21 heteroatoms. The number of thiophene rings is 1. The van der Waals surface area contributed by atoms with E-state index < -0.39 is 79.4 Å². The number of carbonyl (C=O) groups excluding carboxylic acids is 4. The molecule has 2 aromatic carbocycles. The van der Waals surface area contributed by atoms with Crippen LogP contribution in [0.5, 0.6) is 0 Å². The molecule has 0 bridgehead atoms. The fourth-order valence-electron chi connectivity index (χ4n) is 7.95. The number of nitrogens with zero attached hydrogens (tertiary/aromatic N) is 3. The predicted molar refractivity (Wildman–Crippen MR) is 263 cm³/mol. The van der Waals surface area contributed by atoms with Gasteiger partial charge in [0, 0.05) is 28.8 Å². The lowest BCUT2D eigenvalue weighted by molar-refractivity contribution is -0.155. The maximum absolute atomic E-state index is 15.2. The van der Waals surface area contributed by atoms with Crippen LogP contribution in [-0.4, -0.2) is 97.4 Å². The highest BCUT2D eigenvalue weighted by atomic mass is 32.2. The summed E-state index contributed by atoms with van der Waals surface area (Å²) in [5, 5.41) is 18.6. The Morgan fingerprint density at radius 2 is 1.69 bits per heavy atom. The largest absolute Gasteiger partial charge is 0.481 e. The molecule has 1 saturated carbocycles. The molecule has 1 aliphatic heterocycles. The number of ether oxygens (including phenoxy) is 3. The normalized spacial score (nSPS) is 19.9. The van der Waals surface area contributed by atoms with Gasteiger partial charge in [-0.3, -0.25) is 14.4 Å². The lowest BCUT2D eigenvalue weighted by atomic mass is 9.96. The number of benzene rings is 2. The number of thioether (sulfide) groups is 1. The number of hydrogen-bond donors (Lipinski definition) is 5. The van der Waals surface area contributed by atoms with E-state index in [1.165, 1.54) is 53.6 Å². The molecule has 1 aliphatic carbocycles. The van der Waals surface area contributed by atoms with E-state index in [0.29, 0.717) is 45.0 Å². The number of aliphatic imine (C=N–C) groups is 1. The van der Waals surface area contributed by atoms with E-state index in [1.807, 2.05) is 20.8 Å². The zero-order chi connectivity index (χ0) is 50.8. The average Bonchev–Trinajstić information content (AvgIpc) is 3.49. The molecule has 3 atom stereocenters. The number of hydrogen-bond acceptors (Lipinski definition) is 14. The van der Waals surface area contributed by atoms with Gasteiger partial charge in [-0.15, -0.1) is 23.1 Å². The number of fused-ring (bicyclic) bond motifs is 1. The van der Waals surface area contributed by atoms with Crippen molar-refractivity contribution in [2.45, 2.75) is 138 Å². The molecule has 1 aromatic heterocycles. The number of aliphatic carboxylic acids is 1. The second kappa shape index (κ2) is 20.3. The molecule has 1 fully saturated rings. The first-order valence-corrected chi connectivity index (χ1v) is 25.5. The molecule has 3 unspecified atom stereocenters. The van der Waals surface area contributed by atoms with Gasteiger partial charge in [-0.1, -0.05) is 25.5 Å². The highest BCUT2D eigenvalue weighted by Crippen LogP contribution is 2.68. The molecule has 370 valence electrons. The number of guanidine groups is 1. The third kappa shape index (κ3) is 12.3. The number of urea groups is 1. The number of sulfone groups is 1. The smallest absolute Gasteiger partial charge is 0.428 e. The number of unbranched alkanes of at least 4 members (excludes halogenated alkanes) is 2. The maximum Gasteiger partial charge on any atom is 0.428 e. The number of nitrogens with two attached hydrogens (primary N) is 1. The summed E-state index contributed by atoms with van der Waals surface area (Å²) in [5.74, 6) is -3.67. The summed E-state index contributed by atoms with van der Waals surface area (Å²) in [5.41, 5.74) is 5.19. The maximum atomic E-state index is 15.2. The van der Waals surface area contributed by atoms with Crippen molar-refractivity contribution in [3.8, 4) is 11.1 Å². The number of carboxylic acids is 1. The van der Waals surface area contributed by atoms with Crippen LogP contribution in [0, 0.1) is 18.3 Å². The van der Waals surface area contributed by atoms with Gasteiger partial charge in [-0.25, -0.2) is 28.3 Å². The minimum Gasteiger partial charge on any atom is -0.481 e. The minimum absolute atomic E-state index is 0.00298. The van der Waals surface area contributed by atoms with Crippen LogP contribution < -0.4 is 26.7 Å². The van der Waals surface area contributed by atoms with Crippen molar-refractivity contribution in [1.29, 1.82) is 0 Å². The van der Waals surface area contributed by atoms with Gasteiger partial charge in [-0.05, 0) is 130 Å². The van der Waals surface area contributed by atoms with E-state index in [9.17, 15) is 27.6 Å². The van der Waals surface area contributed by atoms with Crippen LogP contribution in [0.3, 0.4) is 0 Å². The van der Waals surface area contributed by atoms with E-state index in [-0.39, 0.29) is 40.7 Å².